The summed E-state index contributed by atoms with van der Waals surface area (Å²) in [5.74, 6) is -0.870. The maximum Gasteiger partial charge on any atom is 0.282 e. The predicted molar refractivity (Wildman–Crippen MR) is 209 cm³/mol. The Kier molecular flexibility index (Phi) is 8.79. The number of amidine groups is 2. The van der Waals surface area contributed by atoms with Crippen molar-refractivity contribution in [3.63, 3.8) is 0 Å². The minimum absolute atomic E-state index is 0.0210. The summed E-state index contributed by atoms with van der Waals surface area (Å²) in [6.45, 7) is 0. The molecule has 0 bridgehead atoms. The molecule has 2 aliphatic heterocycles. The Morgan fingerprint density at radius 1 is 0.481 bits per heavy atom. The lowest BCUT2D eigenvalue weighted by atomic mass is 10.0. The van der Waals surface area contributed by atoms with Crippen LogP contribution in [0.4, 0.5) is 11.4 Å². The second-order valence-corrected chi connectivity index (χ2v) is 12.5. The van der Waals surface area contributed by atoms with Crippen molar-refractivity contribution in [2.24, 2.45) is 9.98 Å². The van der Waals surface area contributed by atoms with E-state index in [1.54, 1.807) is 78.9 Å². The molecule has 0 unspecified atom stereocenters. The van der Waals surface area contributed by atoms with Gasteiger partial charge in [0, 0.05) is 33.4 Å². The number of aromatic hydroxyl groups is 2. The normalized spacial score (nSPS) is 15.6. The zero-order valence-corrected chi connectivity index (χ0v) is 28.6. The van der Waals surface area contributed by atoms with Crippen LogP contribution in [0.3, 0.4) is 0 Å². The van der Waals surface area contributed by atoms with Gasteiger partial charge in [0.15, 0.2) is 5.78 Å². The topological polar surface area (TPSA) is 123 Å². The van der Waals surface area contributed by atoms with Gasteiger partial charge in [0.05, 0.1) is 11.4 Å². The van der Waals surface area contributed by atoms with Gasteiger partial charge < -0.3 is 10.2 Å². The first kappa shape index (κ1) is 33.5. The molecule has 0 aromatic heterocycles. The van der Waals surface area contributed by atoms with Crippen LogP contribution in [0.25, 0.3) is 12.2 Å². The van der Waals surface area contributed by atoms with Crippen molar-refractivity contribution < 1.29 is 24.6 Å². The summed E-state index contributed by atoms with van der Waals surface area (Å²) >= 11 is 0. The molecule has 0 atom stereocenters. The fourth-order valence-electron chi connectivity index (χ4n) is 6.34. The van der Waals surface area contributed by atoms with Gasteiger partial charge in [-0.25, -0.2) is 9.98 Å². The number of rotatable bonds is 8. The number of carbonyl (C=O) groups is 3. The van der Waals surface area contributed by atoms with E-state index in [0.29, 0.717) is 27.8 Å². The third-order valence-corrected chi connectivity index (χ3v) is 9.00. The van der Waals surface area contributed by atoms with Gasteiger partial charge in [-0.2, -0.15) is 0 Å². The highest BCUT2D eigenvalue weighted by molar-refractivity contribution is 6.38. The fraction of sp³-hybridized carbons (Fsp3) is 0. The number of aliphatic imine (C=N–C) groups is 2. The number of ketones is 1. The van der Waals surface area contributed by atoms with Crippen LogP contribution in [0.5, 0.6) is 11.5 Å². The molecule has 6 aromatic rings. The Hall–Kier alpha value is -7.65. The third-order valence-electron chi connectivity index (χ3n) is 9.00. The minimum atomic E-state index is -0.544. The zero-order chi connectivity index (χ0) is 37.2. The van der Waals surface area contributed by atoms with E-state index in [0.717, 1.165) is 0 Å². The standard InChI is InChI=1S/C45H30N4O5/c50-39-22-12-10-20-32(39)26-35-44(53)48(42(46-35)30-16-6-2-7-17-30)37-25-24-34(41(52)29-14-4-1-5-15-29)28-38(37)49-43(31-18-8-3-9-19-31)47-36(45(49)54)27-33-21-11-13-23-40(33)51/h1-28,50-51H/b35-26-,36-27-. The summed E-state index contributed by atoms with van der Waals surface area (Å²) in [6, 6.07) is 45.1. The molecule has 8 rings (SSSR count). The number of phenolic OH excluding ortho intramolecular Hbond substituents is 2. The Bertz CT molecular complexity index is 2580. The van der Waals surface area contributed by atoms with Crippen molar-refractivity contribution in [3.8, 4) is 11.5 Å². The van der Waals surface area contributed by atoms with E-state index >= 15 is 0 Å². The number of para-hydroxylation sites is 2. The van der Waals surface area contributed by atoms with Gasteiger partial charge in [0.2, 0.25) is 0 Å². The van der Waals surface area contributed by atoms with Crippen LogP contribution < -0.4 is 9.80 Å². The maximum atomic E-state index is 14.7. The summed E-state index contributed by atoms with van der Waals surface area (Å²) < 4.78 is 0. The predicted octanol–water partition coefficient (Wildman–Crippen LogP) is 8.00. The summed E-state index contributed by atoms with van der Waals surface area (Å²) in [6.07, 6.45) is 3.02. The van der Waals surface area contributed by atoms with Crippen molar-refractivity contribution in [2.75, 3.05) is 9.80 Å². The van der Waals surface area contributed by atoms with Crippen LogP contribution in [0.15, 0.2) is 179 Å². The van der Waals surface area contributed by atoms with Crippen molar-refractivity contribution in [1.29, 1.82) is 0 Å². The number of benzene rings is 6. The molecule has 0 aliphatic carbocycles. The number of hydrogen-bond acceptors (Lipinski definition) is 7. The number of anilines is 2. The first-order valence-corrected chi connectivity index (χ1v) is 17.1. The van der Waals surface area contributed by atoms with Crippen LogP contribution in [0.1, 0.15) is 38.2 Å². The maximum absolute atomic E-state index is 14.7. The lowest BCUT2D eigenvalue weighted by Crippen LogP contribution is -2.38. The molecule has 0 saturated carbocycles. The largest absolute Gasteiger partial charge is 0.507 e. The summed E-state index contributed by atoms with van der Waals surface area (Å²) in [5.41, 5.74) is 3.26. The van der Waals surface area contributed by atoms with Crippen LogP contribution in [-0.2, 0) is 9.59 Å². The van der Waals surface area contributed by atoms with Gasteiger partial charge in [-0.3, -0.25) is 24.2 Å². The van der Waals surface area contributed by atoms with Crippen molar-refractivity contribution >= 4 is 52.8 Å². The molecular weight excluding hydrogens is 677 g/mol. The van der Waals surface area contributed by atoms with Gasteiger partial charge in [-0.15, -0.1) is 0 Å². The molecule has 2 amide bonds. The molecule has 2 heterocycles. The molecule has 9 heteroatoms. The Balaban J connectivity index is 1.35. The van der Waals surface area contributed by atoms with Crippen LogP contribution >= 0.6 is 0 Å². The molecule has 2 aliphatic rings. The van der Waals surface area contributed by atoms with E-state index in [1.165, 1.54) is 34.1 Å². The smallest absolute Gasteiger partial charge is 0.282 e. The average Bonchev–Trinajstić information content (AvgIpc) is 3.71. The molecule has 0 saturated heterocycles. The van der Waals surface area contributed by atoms with E-state index < -0.39 is 11.8 Å². The molecular formula is C45H30N4O5. The highest BCUT2D eigenvalue weighted by atomic mass is 16.3. The first-order valence-electron chi connectivity index (χ1n) is 17.1. The Morgan fingerprint density at radius 3 is 1.39 bits per heavy atom. The Morgan fingerprint density at radius 2 is 0.907 bits per heavy atom. The lowest BCUT2D eigenvalue weighted by Gasteiger charge is -2.27. The summed E-state index contributed by atoms with van der Waals surface area (Å²) in [5, 5.41) is 21.2. The van der Waals surface area contributed by atoms with Crippen LogP contribution in [0, 0.1) is 0 Å². The van der Waals surface area contributed by atoms with E-state index in [-0.39, 0.29) is 57.3 Å². The molecule has 0 radical (unpaired) electrons. The van der Waals surface area contributed by atoms with Gasteiger partial charge in [0.25, 0.3) is 11.8 Å². The van der Waals surface area contributed by atoms with E-state index in [9.17, 15) is 24.6 Å². The van der Waals surface area contributed by atoms with Crippen molar-refractivity contribution in [3.05, 3.63) is 203 Å². The van der Waals surface area contributed by atoms with Crippen molar-refractivity contribution in [1.82, 2.24) is 0 Å². The van der Waals surface area contributed by atoms with Crippen LogP contribution in [-0.4, -0.2) is 39.5 Å². The second-order valence-electron chi connectivity index (χ2n) is 12.5. The third kappa shape index (κ3) is 6.26. The average molecular weight is 707 g/mol. The fourth-order valence-corrected chi connectivity index (χ4v) is 6.34. The highest BCUT2D eigenvalue weighted by Gasteiger charge is 2.40. The second kappa shape index (κ2) is 14.2. The lowest BCUT2D eigenvalue weighted by molar-refractivity contribution is -0.114. The Labute approximate surface area is 310 Å². The number of amides is 2. The van der Waals surface area contributed by atoms with Gasteiger partial charge >= 0.3 is 0 Å². The van der Waals surface area contributed by atoms with Gasteiger partial charge in [-0.05, 0) is 42.5 Å². The van der Waals surface area contributed by atoms with Crippen molar-refractivity contribution in [2.45, 2.75) is 0 Å². The quantitative estimate of drug-likeness (QED) is 0.123. The molecule has 9 nitrogen and oxygen atoms in total. The molecule has 0 fully saturated rings. The number of hydrogen-bond donors (Lipinski definition) is 2. The number of nitrogens with zero attached hydrogens (tertiary/aromatic N) is 4. The monoisotopic (exact) mass is 706 g/mol. The molecule has 0 spiro atoms. The zero-order valence-electron chi connectivity index (χ0n) is 28.6. The highest BCUT2D eigenvalue weighted by Crippen LogP contribution is 2.40. The molecule has 2 N–H and O–H groups in total. The molecule has 260 valence electrons. The SMILES string of the molecule is O=C(c1ccccc1)c1ccc(N2C(=O)/C(=C/c3ccccc3O)N=C2c2ccccc2)c(N2C(=O)/C(=C/c3ccccc3O)N=C2c2ccccc2)c1. The molecule has 6 aromatic carbocycles. The first-order chi connectivity index (χ1) is 26.4. The molecule has 54 heavy (non-hydrogen) atoms. The van der Waals surface area contributed by atoms with E-state index in [4.69, 9.17) is 9.98 Å². The number of phenols is 2. The van der Waals surface area contributed by atoms with Gasteiger partial charge in [-0.1, -0.05) is 127 Å². The van der Waals surface area contributed by atoms with E-state index in [2.05, 4.69) is 0 Å². The summed E-state index contributed by atoms with van der Waals surface area (Å²) in [7, 11) is 0. The van der Waals surface area contributed by atoms with Crippen LogP contribution in [0.2, 0.25) is 0 Å². The summed E-state index contributed by atoms with van der Waals surface area (Å²) in [4.78, 5) is 55.6. The van der Waals surface area contributed by atoms with Gasteiger partial charge in [0.1, 0.15) is 34.6 Å². The van der Waals surface area contributed by atoms with E-state index in [1.807, 2.05) is 66.7 Å². The minimum Gasteiger partial charge on any atom is -0.507 e. The number of carbonyl (C=O) groups excluding carboxylic acids is 3.